The number of carbonyl (C=O) groups excluding carboxylic acids is 1. The summed E-state index contributed by atoms with van der Waals surface area (Å²) in [7, 11) is 0. The van der Waals surface area contributed by atoms with E-state index >= 15 is 0 Å². The fourth-order valence-corrected chi connectivity index (χ4v) is 2.31. The summed E-state index contributed by atoms with van der Waals surface area (Å²) in [5.41, 5.74) is 7.08. The van der Waals surface area contributed by atoms with Gasteiger partial charge in [0.1, 0.15) is 5.84 Å². The first-order chi connectivity index (χ1) is 8.59. The molecule has 0 radical (unpaired) electrons. The number of nitrogen functional groups attached to an aromatic ring is 1. The molecule has 1 atom stereocenters. The highest BCUT2D eigenvalue weighted by molar-refractivity contribution is 5.95. The Hall–Kier alpha value is -1.84. The molecule has 2 rings (SSSR count). The molecular weight excluding hydrogens is 226 g/mol. The molecule has 0 saturated carbocycles. The summed E-state index contributed by atoms with van der Waals surface area (Å²) in [4.78, 5) is 14.2. The average molecular weight is 245 g/mol. The minimum absolute atomic E-state index is 0.0556. The van der Waals surface area contributed by atoms with Gasteiger partial charge in [-0.25, -0.2) is 0 Å². The van der Waals surface area contributed by atoms with Gasteiger partial charge in [-0.1, -0.05) is 24.3 Å². The third-order valence-corrected chi connectivity index (χ3v) is 3.51. The molecule has 1 aliphatic rings. The van der Waals surface area contributed by atoms with Crippen molar-refractivity contribution < 1.29 is 4.79 Å². The van der Waals surface area contributed by atoms with E-state index in [9.17, 15) is 4.79 Å². The van der Waals surface area contributed by atoms with Gasteiger partial charge in [0.15, 0.2) is 0 Å². The third kappa shape index (κ3) is 2.53. The van der Waals surface area contributed by atoms with Crippen molar-refractivity contribution in [2.24, 2.45) is 5.73 Å². The highest BCUT2D eigenvalue weighted by Gasteiger charge is 2.24. The molecule has 0 bridgehead atoms. The predicted molar refractivity (Wildman–Crippen MR) is 71.7 cm³/mol. The Morgan fingerprint density at radius 1 is 1.28 bits per heavy atom. The minimum Gasteiger partial charge on any atom is -0.384 e. The Balaban J connectivity index is 2.10. The fraction of sp³-hybridized carbons (Fsp3) is 0.429. The largest absolute Gasteiger partial charge is 0.384 e. The quantitative estimate of drug-likeness (QED) is 0.628. The molecule has 0 aromatic heterocycles. The van der Waals surface area contributed by atoms with Crippen molar-refractivity contribution in [3.8, 4) is 0 Å². The molecule has 3 N–H and O–H groups in total. The normalized spacial score (nSPS) is 16.6. The van der Waals surface area contributed by atoms with Gasteiger partial charge in [-0.3, -0.25) is 10.2 Å². The molecule has 1 fully saturated rings. The summed E-state index contributed by atoms with van der Waals surface area (Å²) in [5.74, 6) is 0.132. The number of rotatable bonds is 3. The molecule has 1 amide bonds. The number of nitrogens with one attached hydrogen (secondary N) is 1. The Morgan fingerprint density at radius 3 is 2.33 bits per heavy atom. The molecule has 1 aliphatic heterocycles. The predicted octanol–water partition coefficient (Wildman–Crippen LogP) is 1.70. The van der Waals surface area contributed by atoms with Crippen LogP contribution in [0.15, 0.2) is 24.3 Å². The lowest BCUT2D eigenvalue weighted by Crippen LogP contribution is -2.31. The zero-order valence-electron chi connectivity index (χ0n) is 10.6. The number of nitrogens with zero attached hydrogens (tertiary/aromatic N) is 1. The van der Waals surface area contributed by atoms with Crippen LogP contribution in [0.5, 0.6) is 0 Å². The van der Waals surface area contributed by atoms with Crippen LogP contribution < -0.4 is 5.73 Å². The van der Waals surface area contributed by atoms with Gasteiger partial charge in [-0.05, 0) is 25.3 Å². The molecule has 0 aliphatic carbocycles. The number of nitrogens with two attached hydrogens (primary N) is 1. The summed E-state index contributed by atoms with van der Waals surface area (Å²) in [6.45, 7) is 3.70. The maximum atomic E-state index is 12.2. The number of amides is 1. The van der Waals surface area contributed by atoms with Crippen LogP contribution >= 0.6 is 0 Å². The molecule has 4 heteroatoms. The van der Waals surface area contributed by atoms with Crippen LogP contribution in [0.1, 0.15) is 36.8 Å². The number of amidine groups is 1. The minimum atomic E-state index is -0.121. The first kappa shape index (κ1) is 12.6. The molecule has 1 heterocycles. The first-order valence-corrected chi connectivity index (χ1v) is 6.32. The van der Waals surface area contributed by atoms with Crippen LogP contribution in [0.25, 0.3) is 0 Å². The smallest absolute Gasteiger partial charge is 0.229 e. The van der Waals surface area contributed by atoms with E-state index in [0.717, 1.165) is 31.5 Å². The van der Waals surface area contributed by atoms with Crippen LogP contribution in [-0.4, -0.2) is 29.7 Å². The van der Waals surface area contributed by atoms with Gasteiger partial charge in [0, 0.05) is 18.7 Å². The summed E-state index contributed by atoms with van der Waals surface area (Å²) >= 11 is 0. The molecular formula is C14H19N3O. The second-order valence-electron chi connectivity index (χ2n) is 4.79. The number of likely N-dealkylation sites (tertiary alicyclic amines) is 1. The van der Waals surface area contributed by atoms with Crippen LogP contribution in [0, 0.1) is 5.41 Å². The molecule has 1 aromatic carbocycles. The lowest BCUT2D eigenvalue weighted by Gasteiger charge is -2.20. The van der Waals surface area contributed by atoms with E-state index in [-0.39, 0.29) is 17.7 Å². The summed E-state index contributed by atoms with van der Waals surface area (Å²) in [6.07, 6.45) is 2.23. The topological polar surface area (TPSA) is 70.2 Å². The Morgan fingerprint density at radius 2 is 1.83 bits per heavy atom. The van der Waals surface area contributed by atoms with Crippen LogP contribution in [-0.2, 0) is 4.79 Å². The van der Waals surface area contributed by atoms with E-state index in [4.69, 9.17) is 11.1 Å². The monoisotopic (exact) mass is 245 g/mol. The Kier molecular flexibility index (Phi) is 3.65. The zero-order chi connectivity index (χ0) is 13.1. The van der Waals surface area contributed by atoms with Crippen molar-refractivity contribution in [1.29, 1.82) is 5.41 Å². The average Bonchev–Trinajstić information content (AvgIpc) is 2.91. The lowest BCUT2D eigenvalue weighted by molar-refractivity contribution is -0.131. The highest BCUT2D eigenvalue weighted by atomic mass is 16.2. The number of hydrogen-bond donors (Lipinski definition) is 2. The van der Waals surface area contributed by atoms with Gasteiger partial charge in [0.2, 0.25) is 5.91 Å². The van der Waals surface area contributed by atoms with Crippen LogP contribution in [0.3, 0.4) is 0 Å². The maximum Gasteiger partial charge on any atom is 0.229 e. The second kappa shape index (κ2) is 5.21. The van der Waals surface area contributed by atoms with E-state index < -0.39 is 0 Å². The SMILES string of the molecule is C[C@@H](C(=O)N1CCCC1)c1ccc(C(=N)N)cc1. The number of hydrogen-bond acceptors (Lipinski definition) is 2. The van der Waals surface area contributed by atoms with Gasteiger partial charge in [0.05, 0.1) is 5.92 Å². The number of benzene rings is 1. The van der Waals surface area contributed by atoms with Crippen molar-refractivity contribution in [3.63, 3.8) is 0 Å². The van der Waals surface area contributed by atoms with E-state index in [2.05, 4.69) is 0 Å². The standard InChI is InChI=1S/C14H19N3O/c1-10(14(18)17-8-2-3-9-17)11-4-6-12(7-5-11)13(15)16/h4-7,10H,2-3,8-9H2,1H3,(H3,15,16)/t10-/m1/s1. The van der Waals surface area contributed by atoms with Crippen LogP contribution in [0.2, 0.25) is 0 Å². The lowest BCUT2D eigenvalue weighted by atomic mass is 9.98. The van der Waals surface area contributed by atoms with Crippen molar-refractivity contribution in [3.05, 3.63) is 35.4 Å². The van der Waals surface area contributed by atoms with Crippen molar-refractivity contribution in [2.75, 3.05) is 13.1 Å². The third-order valence-electron chi connectivity index (χ3n) is 3.51. The molecule has 96 valence electrons. The molecule has 1 aromatic rings. The second-order valence-corrected chi connectivity index (χ2v) is 4.79. The van der Waals surface area contributed by atoms with E-state index in [0.29, 0.717) is 5.56 Å². The van der Waals surface area contributed by atoms with Crippen LogP contribution in [0.4, 0.5) is 0 Å². The van der Waals surface area contributed by atoms with Gasteiger partial charge < -0.3 is 10.6 Å². The first-order valence-electron chi connectivity index (χ1n) is 6.32. The maximum absolute atomic E-state index is 12.2. The van der Waals surface area contributed by atoms with Crippen molar-refractivity contribution >= 4 is 11.7 Å². The van der Waals surface area contributed by atoms with E-state index in [1.165, 1.54) is 0 Å². The summed E-state index contributed by atoms with van der Waals surface area (Å²) in [6, 6.07) is 7.36. The molecule has 4 nitrogen and oxygen atoms in total. The molecule has 18 heavy (non-hydrogen) atoms. The Labute approximate surface area is 107 Å². The summed E-state index contributed by atoms with van der Waals surface area (Å²) < 4.78 is 0. The Bertz CT molecular complexity index is 447. The van der Waals surface area contributed by atoms with Gasteiger partial charge in [0.25, 0.3) is 0 Å². The number of carbonyl (C=O) groups is 1. The van der Waals surface area contributed by atoms with E-state index in [1.807, 2.05) is 24.0 Å². The summed E-state index contributed by atoms with van der Waals surface area (Å²) in [5, 5.41) is 7.34. The molecule has 0 spiro atoms. The molecule has 0 unspecified atom stereocenters. The molecule has 1 saturated heterocycles. The fourth-order valence-electron chi connectivity index (χ4n) is 2.31. The van der Waals surface area contributed by atoms with Crippen molar-refractivity contribution in [2.45, 2.75) is 25.7 Å². The van der Waals surface area contributed by atoms with Gasteiger partial charge in [-0.15, -0.1) is 0 Å². The highest BCUT2D eigenvalue weighted by Crippen LogP contribution is 2.21. The zero-order valence-corrected chi connectivity index (χ0v) is 10.6. The van der Waals surface area contributed by atoms with E-state index in [1.54, 1.807) is 12.1 Å². The van der Waals surface area contributed by atoms with Gasteiger partial charge >= 0.3 is 0 Å². The van der Waals surface area contributed by atoms with Crippen molar-refractivity contribution in [1.82, 2.24) is 4.90 Å². The van der Waals surface area contributed by atoms with Gasteiger partial charge in [-0.2, -0.15) is 0 Å².